The molecule has 0 saturated heterocycles. The number of hydrogen-bond donors (Lipinski definition) is 1. The molecule has 0 atom stereocenters. The van der Waals surface area contributed by atoms with E-state index in [2.05, 4.69) is 15.4 Å². The van der Waals surface area contributed by atoms with Crippen LogP contribution in [0.3, 0.4) is 0 Å². The molecule has 0 unspecified atom stereocenters. The Morgan fingerprint density at radius 2 is 1.79 bits per heavy atom. The molecule has 0 aliphatic rings. The normalized spacial score (nSPS) is 11.5. The predicted octanol–water partition coefficient (Wildman–Crippen LogP) is 6.60. The molecule has 5 rings (SSSR count). The van der Waals surface area contributed by atoms with Crippen molar-refractivity contribution in [1.29, 1.82) is 0 Å². The molecule has 0 radical (unpaired) electrons. The summed E-state index contributed by atoms with van der Waals surface area (Å²) in [5.41, 5.74) is -0.536. The third kappa shape index (κ3) is 7.27. The van der Waals surface area contributed by atoms with Gasteiger partial charge in [0.1, 0.15) is 0 Å². The van der Waals surface area contributed by atoms with Crippen molar-refractivity contribution in [2.24, 2.45) is 5.10 Å². The molecule has 0 spiro atoms. The molecule has 0 fully saturated rings. The number of nitrogens with zero attached hydrogens (tertiary/aromatic N) is 4. The number of carbonyl (C=O) groups is 1. The highest BCUT2D eigenvalue weighted by Gasteiger charge is 2.31. The lowest BCUT2D eigenvalue weighted by molar-refractivity contribution is -0.385. The van der Waals surface area contributed by atoms with Crippen LogP contribution in [0, 0.1) is 17.0 Å². The smallest absolute Gasteiger partial charge is 0.416 e. The number of aryl methyl sites for hydroxylation is 1. The fourth-order valence-electron chi connectivity index (χ4n) is 4.64. The Hall–Kier alpha value is -6.05. The maximum absolute atomic E-state index is 13.5. The number of rotatable bonds is 10. The largest absolute Gasteiger partial charge is 0.490 e. The molecule has 1 N–H and O–H groups in total. The second-order valence-corrected chi connectivity index (χ2v) is 10.1. The van der Waals surface area contributed by atoms with Gasteiger partial charge in [-0.3, -0.25) is 19.7 Å². The van der Waals surface area contributed by atoms with E-state index in [4.69, 9.17) is 9.47 Å². The van der Waals surface area contributed by atoms with Gasteiger partial charge in [0.25, 0.3) is 11.5 Å². The van der Waals surface area contributed by atoms with Crippen LogP contribution in [0.5, 0.6) is 11.5 Å². The van der Waals surface area contributed by atoms with Gasteiger partial charge in [-0.2, -0.15) is 22.9 Å². The number of carbonyl (C=O) groups excluding carboxylic acids is 1. The lowest BCUT2D eigenvalue weighted by Gasteiger charge is -2.14. The standard InChI is InChI=1S/C33H26F3N5O6/c1-3-46-28-16-21(15-27(41(44)45)30(28)47-19-29(42)38-25-13-6-4-9-20(25)2)18-37-40-31(22-10-8-11-23(17-22)33(34,35)36)39-26-14-7-5-12-24(26)32(40)43/h4-18H,3,19H2,1-2H3,(H,38,42). The van der Waals surface area contributed by atoms with E-state index in [1.165, 1.54) is 24.3 Å². The molecule has 1 heterocycles. The van der Waals surface area contributed by atoms with Gasteiger partial charge in [0.2, 0.25) is 5.75 Å². The number of nitrogens with one attached hydrogen (secondary N) is 1. The lowest BCUT2D eigenvalue weighted by Crippen LogP contribution is -2.21. The molecule has 0 aliphatic carbocycles. The molecular formula is C33H26F3N5O6. The highest BCUT2D eigenvalue weighted by Crippen LogP contribution is 2.38. The number of nitro groups is 1. The highest BCUT2D eigenvalue weighted by molar-refractivity contribution is 5.93. The number of halogens is 3. The van der Waals surface area contributed by atoms with Crippen LogP contribution >= 0.6 is 0 Å². The molecular weight excluding hydrogens is 619 g/mol. The van der Waals surface area contributed by atoms with Crippen LogP contribution < -0.4 is 20.3 Å². The number of alkyl halides is 3. The molecule has 240 valence electrons. The van der Waals surface area contributed by atoms with E-state index >= 15 is 0 Å². The van der Waals surface area contributed by atoms with Crippen molar-refractivity contribution in [3.05, 3.63) is 122 Å². The number of nitro benzene ring substituents is 1. The van der Waals surface area contributed by atoms with Crippen molar-refractivity contribution in [3.63, 3.8) is 0 Å². The van der Waals surface area contributed by atoms with Crippen molar-refractivity contribution in [1.82, 2.24) is 9.66 Å². The zero-order chi connectivity index (χ0) is 33.7. The molecule has 1 amide bonds. The van der Waals surface area contributed by atoms with E-state index in [9.17, 15) is 32.9 Å². The van der Waals surface area contributed by atoms with Gasteiger partial charge in [-0.05, 0) is 55.8 Å². The van der Waals surface area contributed by atoms with Crippen LogP contribution in [0.25, 0.3) is 22.3 Å². The van der Waals surface area contributed by atoms with Crippen LogP contribution in [0.15, 0.2) is 94.8 Å². The van der Waals surface area contributed by atoms with Gasteiger partial charge in [0.05, 0.1) is 34.2 Å². The third-order valence-corrected chi connectivity index (χ3v) is 6.85. The second-order valence-electron chi connectivity index (χ2n) is 10.1. The first-order valence-corrected chi connectivity index (χ1v) is 14.1. The van der Waals surface area contributed by atoms with Crippen LogP contribution in [-0.4, -0.2) is 39.9 Å². The molecule has 47 heavy (non-hydrogen) atoms. The number of hydrogen-bond acceptors (Lipinski definition) is 8. The van der Waals surface area contributed by atoms with Gasteiger partial charge in [0, 0.05) is 22.9 Å². The number of fused-ring (bicyclic) bond motifs is 1. The number of ether oxygens (including phenoxy) is 2. The van der Waals surface area contributed by atoms with Gasteiger partial charge < -0.3 is 14.8 Å². The first-order chi connectivity index (χ1) is 22.5. The maximum atomic E-state index is 13.5. The fourth-order valence-corrected chi connectivity index (χ4v) is 4.64. The van der Waals surface area contributed by atoms with Crippen molar-refractivity contribution in [2.45, 2.75) is 20.0 Å². The summed E-state index contributed by atoms with van der Waals surface area (Å²) in [5, 5.41) is 19.1. The van der Waals surface area contributed by atoms with E-state index in [0.717, 1.165) is 34.7 Å². The number of amides is 1. The van der Waals surface area contributed by atoms with Crippen LogP contribution in [0.2, 0.25) is 0 Å². The molecule has 4 aromatic carbocycles. The molecule has 1 aromatic heterocycles. The number of aromatic nitrogens is 2. The molecule has 5 aromatic rings. The van der Waals surface area contributed by atoms with E-state index in [-0.39, 0.29) is 46.0 Å². The average Bonchev–Trinajstić information content (AvgIpc) is 3.04. The molecule has 0 bridgehead atoms. The van der Waals surface area contributed by atoms with E-state index in [1.54, 1.807) is 50.2 Å². The summed E-state index contributed by atoms with van der Waals surface area (Å²) in [7, 11) is 0. The summed E-state index contributed by atoms with van der Waals surface area (Å²) in [6.07, 6.45) is -3.54. The summed E-state index contributed by atoms with van der Waals surface area (Å²) in [6.45, 7) is 2.96. The first-order valence-electron chi connectivity index (χ1n) is 14.1. The minimum atomic E-state index is -4.65. The Balaban J connectivity index is 1.54. The SMILES string of the molecule is CCOc1cc(C=Nn2c(-c3cccc(C(F)(F)F)c3)nc3ccccc3c2=O)cc([N+](=O)[O-])c1OCC(=O)Nc1ccccc1C. The molecule has 11 nitrogen and oxygen atoms in total. The Bertz CT molecular complexity index is 2080. The molecule has 14 heteroatoms. The van der Waals surface area contributed by atoms with E-state index in [0.29, 0.717) is 5.69 Å². The number of benzene rings is 4. The zero-order valence-electron chi connectivity index (χ0n) is 24.9. The first kappa shape index (κ1) is 32.3. The van der Waals surface area contributed by atoms with Crippen LogP contribution in [-0.2, 0) is 11.0 Å². The zero-order valence-corrected chi connectivity index (χ0v) is 24.9. The highest BCUT2D eigenvalue weighted by atomic mass is 19.4. The van der Waals surface area contributed by atoms with Gasteiger partial charge in [-0.15, -0.1) is 0 Å². The summed E-state index contributed by atoms with van der Waals surface area (Å²) >= 11 is 0. The summed E-state index contributed by atoms with van der Waals surface area (Å²) in [4.78, 5) is 41.9. The maximum Gasteiger partial charge on any atom is 0.416 e. The summed E-state index contributed by atoms with van der Waals surface area (Å²) < 4.78 is 52.6. The predicted molar refractivity (Wildman–Crippen MR) is 169 cm³/mol. The Morgan fingerprint density at radius 1 is 1.04 bits per heavy atom. The van der Waals surface area contributed by atoms with Crippen LogP contribution in [0.4, 0.5) is 24.5 Å². The molecule has 0 aliphatic heterocycles. The van der Waals surface area contributed by atoms with Crippen molar-refractivity contribution in [2.75, 3.05) is 18.5 Å². The Morgan fingerprint density at radius 3 is 2.51 bits per heavy atom. The summed E-state index contributed by atoms with van der Waals surface area (Å²) in [6, 6.07) is 20.1. The van der Waals surface area contributed by atoms with Gasteiger partial charge in [-0.1, -0.05) is 42.5 Å². The van der Waals surface area contributed by atoms with Gasteiger partial charge >= 0.3 is 11.9 Å². The van der Waals surface area contributed by atoms with Crippen molar-refractivity contribution in [3.8, 4) is 22.9 Å². The fraction of sp³-hybridized carbons (Fsp3) is 0.152. The van der Waals surface area contributed by atoms with E-state index < -0.39 is 40.4 Å². The average molecular weight is 646 g/mol. The van der Waals surface area contributed by atoms with Crippen molar-refractivity contribution < 1.29 is 32.4 Å². The van der Waals surface area contributed by atoms with E-state index in [1.807, 2.05) is 6.07 Å². The van der Waals surface area contributed by atoms with Gasteiger partial charge in [-0.25, -0.2) is 4.98 Å². The minimum Gasteiger partial charge on any atom is -0.490 e. The second kappa shape index (κ2) is 13.5. The van der Waals surface area contributed by atoms with Gasteiger partial charge in [0.15, 0.2) is 18.2 Å². The number of para-hydroxylation sites is 2. The topological polar surface area (TPSA) is 138 Å². The lowest BCUT2D eigenvalue weighted by atomic mass is 10.1. The number of anilines is 1. The summed E-state index contributed by atoms with van der Waals surface area (Å²) in [5.74, 6) is -1.13. The van der Waals surface area contributed by atoms with Crippen molar-refractivity contribution >= 4 is 34.4 Å². The third-order valence-electron chi connectivity index (χ3n) is 6.85. The Labute approximate surface area is 265 Å². The minimum absolute atomic E-state index is 0.0338. The Kier molecular flexibility index (Phi) is 9.31. The molecule has 0 saturated carbocycles. The monoisotopic (exact) mass is 645 g/mol. The quantitative estimate of drug-likeness (QED) is 0.103. The van der Waals surface area contributed by atoms with Crippen LogP contribution in [0.1, 0.15) is 23.6 Å².